The molecule has 0 spiro atoms. The monoisotopic (exact) mass is 382 g/mol. The molecule has 2 amide bonds. The van der Waals surface area contributed by atoms with Gasteiger partial charge in [0.1, 0.15) is 5.75 Å². The number of methoxy groups -OCH3 is 1. The van der Waals surface area contributed by atoms with Gasteiger partial charge in [0.15, 0.2) is 0 Å². The van der Waals surface area contributed by atoms with Gasteiger partial charge >= 0.3 is 0 Å². The van der Waals surface area contributed by atoms with Crippen molar-refractivity contribution in [3.05, 3.63) is 65.7 Å². The quantitative estimate of drug-likeness (QED) is 0.828. The molecule has 0 radical (unpaired) electrons. The van der Waals surface area contributed by atoms with Crippen LogP contribution in [-0.4, -0.2) is 59.6 Å². The van der Waals surface area contributed by atoms with Gasteiger partial charge in [0, 0.05) is 26.1 Å². The fourth-order valence-electron chi connectivity index (χ4n) is 3.34. The molecule has 1 saturated heterocycles. The molecular weight excluding hydrogens is 356 g/mol. The maximum Gasteiger partial charge on any atom is 0.242 e. The third-order valence-corrected chi connectivity index (χ3v) is 4.90. The second-order valence-electron chi connectivity index (χ2n) is 7.04. The average Bonchev–Trinajstić information content (AvgIpc) is 2.85. The normalized spacial score (nSPS) is 17.4. The highest BCUT2D eigenvalue weighted by atomic mass is 16.5. The molecule has 0 aromatic heterocycles. The second kappa shape index (κ2) is 9.37. The number of β-amino-alcohol motifs (C(OH)–C–C–N with tert-alkyl or cyclic N) is 1. The van der Waals surface area contributed by atoms with Crippen LogP contribution in [0.3, 0.4) is 0 Å². The molecule has 6 nitrogen and oxygen atoms in total. The first-order chi connectivity index (χ1) is 13.5. The Bertz CT molecular complexity index is 792. The first-order valence-electron chi connectivity index (χ1n) is 9.45. The van der Waals surface area contributed by atoms with Crippen LogP contribution in [0.4, 0.5) is 0 Å². The summed E-state index contributed by atoms with van der Waals surface area (Å²) < 4.78 is 5.13. The van der Waals surface area contributed by atoms with Gasteiger partial charge in [-0.3, -0.25) is 9.59 Å². The number of nitrogens with zero attached hydrogens (tertiary/aromatic N) is 2. The maximum absolute atomic E-state index is 12.6. The summed E-state index contributed by atoms with van der Waals surface area (Å²) in [5.41, 5.74) is 2.03. The Balaban J connectivity index is 1.57. The third kappa shape index (κ3) is 5.33. The minimum Gasteiger partial charge on any atom is -0.497 e. The van der Waals surface area contributed by atoms with Gasteiger partial charge in [0.2, 0.25) is 11.8 Å². The zero-order valence-electron chi connectivity index (χ0n) is 16.1. The van der Waals surface area contributed by atoms with E-state index in [1.54, 1.807) is 12.0 Å². The predicted octanol–water partition coefficient (Wildman–Crippen LogP) is 1.86. The first-order valence-corrected chi connectivity index (χ1v) is 9.45. The molecule has 6 heteroatoms. The lowest BCUT2D eigenvalue weighted by Gasteiger charge is -2.22. The Labute approximate surface area is 165 Å². The van der Waals surface area contributed by atoms with Crippen molar-refractivity contribution >= 4 is 11.8 Å². The summed E-state index contributed by atoms with van der Waals surface area (Å²) in [5, 5.41) is 10.3. The Morgan fingerprint density at radius 3 is 2.46 bits per heavy atom. The van der Waals surface area contributed by atoms with Crippen LogP contribution >= 0.6 is 0 Å². The number of amides is 2. The summed E-state index contributed by atoms with van der Waals surface area (Å²) >= 11 is 0. The molecule has 1 aliphatic rings. The summed E-state index contributed by atoms with van der Waals surface area (Å²) in [5.74, 6) is 0.512. The SMILES string of the molecule is COc1ccc(CCC(=O)N2CC(=O)N(Cc3ccccc3)CC(O)C2)cc1. The van der Waals surface area contributed by atoms with E-state index in [-0.39, 0.29) is 31.4 Å². The van der Waals surface area contributed by atoms with Crippen LogP contribution in [0, 0.1) is 0 Å². The lowest BCUT2D eigenvalue weighted by atomic mass is 10.1. The van der Waals surface area contributed by atoms with E-state index in [2.05, 4.69) is 0 Å². The molecule has 28 heavy (non-hydrogen) atoms. The molecule has 2 aromatic rings. The van der Waals surface area contributed by atoms with Gasteiger partial charge in [-0.05, 0) is 29.7 Å². The molecule has 1 N–H and O–H groups in total. The van der Waals surface area contributed by atoms with Crippen LogP contribution in [0.2, 0.25) is 0 Å². The molecular formula is C22H26N2O4. The molecule has 1 unspecified atom stereocenters. The third-order valence-electron chi connectivity index (χ3n) is 4.90. The van der Waals surface area contributed by atoms with E-state index in [0.29, 0.717) is 19.4 Å². The number of carbonyl (C=O) groups excluding carboxylic acids is 2. The van der Waals surface area contributed by atoms with Crippen molar-refractivity contribution in [2.75, 3.05) is 26.7 Å². The number of rotatable bonds is 6. The van der Waals surface area contributed by atoms with Crippen LogP contribution in [0.15, 0.2) is 54.6 Å². The number of aliphatic hydroxyl groups is 1. The van der Waals surface area contributed by atoms with Crippen molar-refractivity contribution in [1.29, 1.82) is 0 Å². The maximum atomic E-state index is 12.6. The van der Waals surface area contributed by atoms with E-state index >= 15 is 0 Å². The molecule has 1 heterocycles. The van der Waals surface area contributed by atoms with E-state index < -0.39 is 6.10 Å². The van der Waals surface area contributed by atoms with Gasteiger partial charge in [0.05, 0.1) is 19.8 Å². The van der Waals surface area contributed by atoms with Gasteiger partial charge in [-0.1, -0.05) is 42.5 Å². The zero-order valence-corrected chi connectivity index (χ0v) is 16.1. The standard InChI is InChI=1S/C22H26N2O4/c1-28-20-10-7-17(8-11-20)9-12-21(26)24-15-19(25)14-23(22(27)16-24)13-18-5-3-2-4-6-18/h2-8,10-11,19,25H,9,12-16H2,1H3. The summed E-state index contributed by atoms with van der Waals surface area (Å²) in [6.07, 6.45) is 0.127. The highest BCUT2D eigenvalue weighted by Gasteiger charge is 2.29. The van der Waals surface area contributed by atoms with Gasteiger partial charge in [-0.2, -0.15) is 0 Å². The molecule has 1 atom stereocenters. The number of aliphatic hydroxyl groups excluding tert-OH is 1. The number of hydrogen-bond acceptors (Lipinski definition) is 4. The fraction of sp³-hybridized carbons (Fsp3) is 0.364. The first kappa shape index (κ1) is 19.9. The Morgan fingerprint density at radius 1 is 1.07 bits per heavy atom. The van der Waals surface area contributed by atoms with E-state index in [1.165, 1.54) is 4.90 Å². The molecule has 1 fully saturated rings. The van der Waals surface area contributed by atoms with Crippen LogP contribution in [-0.2, 0) is 22.6 Å². The van der Waals surface area contributed by atoms with Crippen molar-refractivity contribution in [1.82, 2.24) is 9.80 Å². The van der Waals surface area contributed by atoms with E-state index in [4.69, 9.17) is 4.74 Å². The van der Waals surface area contributed by atoms with Crippen molar-refractivity contribution < 1.29 is 19.4 Å². The van der Waals surface area contributed by atoms with Crippen LogP contribution in [0.5, 0.6) is 5.75 Å². The molecule has 2 aromatic carbocycles. The highest BCUT2D eigenvalue weighted by molar-refractivity contribution is 5.85. The summed E-state index contributed by atoms with van der Waals surface area (Å²) in [7, 11) is 1.61. The van der Waals surface area contributed by atoms with Gasteiger partial charge in [0.25, 0.3) is 0 Å². The zero-order chi connectivity index (χ0) is 19.9. The molecule has 3 rings (SSSR count). The van der Waals surface area contributed by atoms with Crippen molar-refractivity contribution in [3.8, 4) is 5.75 Å². The smallest absolute Gasteiger partial charge is 0.242 e. The predicted molar refractivity (Wildman–Crippen MR) is 106 cm³/mol. The Morgan fingerprint density at radius 2 is 1.79 bits per heavy atom. The fourth-order valence-corrected chi connectivity index (χ4v) is 3.34. The lowest BCUT2D eigenvalue weighted by molar-refractivity contribution is -0.139. The summed E-state index contributed by atoms with van der Waals surface area (Å²) in [6.45, 7) is 0.852. The van der Waals surface area contributed by atoms with Gasteiger partial charge < -0.3 is 19.6 Å². The summed E-state index contributed by atoms with van der Waals surface area (Å²) in [6, 6.07) is 17.2. The second-order valence-corrected chi connectivity index (χ2v) is 7.04. The molecule has 1 aliphatic heterocycles. The number of benzene rings is 2. The van der Waals surface area contributed by atoms with Crippen molar-refractivity contribution in [3.63, 3.8) is 0 Å². The number of hydrogen-bond donors (Lipinski definition) is 1. The Kier molecular flexibility index (Phi) is 6.66. The van der Waals surface area contributed by atoms with E-state index in [9.17, 15) is 14.7 Å². The number of ether oxygens (including phenoxy) is 1. The molecule has 0 aliphatic carbocycles. The van der Waals surface area contributed by atoms with Crippen LogP contribution < -0.4 is 4.74 Å². The van der Waals surface area contributed by atoms with Crippen LogP contribution in [0.25, 0.3) is 0 Å². The minimum absolute atomic E-state index is 0.00530. The lowest BCUT2D eigenvalue weighted by Crippen LogP contribution is -2.39. The highest BCUT2D eigenvalue weighted by Crippen LogP contribution is 2.15. The topological polar surface area (TPSA) is 70.1 Å². The van der Waals surface area contributed by atoms with E-state index in [0.717, 1.165) is 16.9 Å². The molecule has 0 saturated carbocycles. The number of carbonyl (C=O) groups is 2. The Hall–Kier alpha value is -2.86. The summed E-state index contributed by atoms with van der Waals surface area (Å²) in [4.78, 5) is 28.3. The van der Waals surface area contributed by atoms with E-state index in [1.807, 2.05) is 54.6 Å². The molecule has 0 bridgehead atoms. The minimum atomic E-state index is -0.750. The van der Waals surface area contributed by atoms with Crippen molar-refractivity contribution in [2.24, 2.45) is 0 Å². The van der Waals surface area contributed by atoms with Crippen LogP contribution in [0.1, 0.15) is 17.5 Å². The van der Waals surface area contributed by atoms with Gasteiger partial charge in [-0.25, -0.2) is 0 Å². The largest absolute Gasteiger partial charge is 0.497 e. The number of aryl methyl sites for hydroxylation is 1. The van der Waals surface area contributed by atoms with Crippen molar-refractivity contribution in [2.45, 2.75) is 25.5 Å². The average molecular weight is 382 g/mol. The molecule has 148 valence electrons. The van der Waals surface area contributed by atoms with Gasteiger partial charge in [-0.15, -0.1) is 0 Å².